The molecule has 0 unspecified atom stereocenters. The molecule has 20 heavy (non-hydrogen) atoms. The van der Waals surface area contributed by atoms with Crippen LogP contribution in [-0.4, -0.2) is 17.5 Å². The first-order valence-corrected chi connectivity index (χ1v) is 6.39. The predicted octanol–water partition coefficient (Wildman–Crippen LogP) is 1.77. The molecule has 1 aromatic heterocycles. The third-order valence-corrected chi connectivity index (χ3v) is 2.83. The zero-order chi connectivity index (χ0) is 14.4. The van der Waals surface area contributed by atoms with Crippen LogP contribution >= 0.6 is 0 Å². The highest BCUT2D eigenvalue weighted by molar-refractivity contribution is 5.95. The molecular weight excluding hydrogens is 254 g/mol. The summed E-state index contributed by atoms with van der Waals surface area (Å²) in [5.74, 6) is -0.359. The highest BCUT2D eigenvalue weighted by Crippen LogP contribution is 2.17. The van der Waals surface area contributed by atoms with Gasteiger partial charge in [0.15, 0.2) is 0 Å². The first kappa shape index (κ1) is 13.9. The van der Waals surface area contributed by atoms with Crippen molar-refractivity contribution in [2.75, 3.05) is 12.3 Å². The van der Waals surface area contributed by atoms with E-state index in [0.29, 0.717) is 12.3 Å². The molecule has 1 amide bonds. The molecular formula is C15H17N3O2. The Balaban J connectivity index is 1.90. The van der Waals surface area contributed by atoms with Crippen molar-refractivity contribution >= 4 is 11.6 Å². The van der Waals surface area contributed by atoms with Crippen molar-refractivity contribution in [2.45, 2.75) is 12.8 Å². The lowest BCUT2D eigenvalue weighted by atomic mass is 10.1. The number of rotatable bonds is 6. The van der Waals surface area contributed by atoms with Gasteiger partial charge in [-0.2, -0.15) is 0 Å². The van der Waals surface area contributed by atoms with Gasteiger partial charge in [0.2, 0.25) is 5.88 Å². The molecule has 1 aromatic carbocycles. The molecule has 4 N–H and O–H groups in total. The van der Waals surface area contributed by atoms with Crippen molar-refractivity contribution in [1.29, 1.82) is 0 Å². The summed E-state index contributed by atoms with van der Waals surface area (Å²) in [5.41, 5.74) is 12.7. The lowest BCUT2D eigenvalue weighted by Gasteiger charge is -2.09. The van der Waals surface area contributed by atoms with Crippen molar-refractivity contribution in [1.82, 2.24) is 4.98 Å². The normalized spacial score (nSPS) is 10.2. The Hall–Kier alpha value is -2.56. The van der Waals surface area contributed by atoms with E-state index in [-0.39, 0.29) is 11.4 Å². The number of carbonyl (C=O) groups is 1. The van der Waals surface area contributed by atoms with Crippen molar-refractivity contribution in [3.05, 3.63) is 53.7 Å². The molecule has 0 aliphatic carbocycles. The van der Waals surface area contributed by atoms with Crippen LogP contribution in [0.15, 0.2) is 42.6 Å². The van der Waals surface area contributed by atoms with Crippen LogP contribution in [0.1, 0.15) is 22.3 Å². The minimum atomic E-state index is -0.595. The van der Waals surface area contributed by atoms with E-state index >= 15 is 0 Å². The lowest BCUT2D eigenvalue weighted by Crippen LogP contribution is -2.15. The molecule has 1 heterocycles. The van der Waals surface area contributed by atoms with Gasteiger partial charge < -0.3 is 16.2 Å². The molecule has 0 aliphatic heterocycles. The van der Waals surface area contributed by atoms with E-state index in [1.807, 2.05) is 18.2 Å². The number of pyridine rings is 1. The van der Waals surface area contributed by atoms with E-state index in [2.05, 4.69) is 17.1 Å². The molecule has 2 aromatic rings. The van der Waals surface area contributed by atoms with Crippen molar-refractivity contribution in [3.63, 3.8) is 0 Å². The van der Waals surface area contributed by atoms with Gasteiger partial charge in [-0.05, 0) is 24.5 Å². The zero-order valence-corrected chi connectivity index (χ0v) is 11.1. The van der Waals surface area contributed by atoms with Gasteiger partial charge in [-0.15, -0.1) is 0 Å². The summed E-state index contributed by atoms with van der Waals surface area (Å²) in [6, 6.07) is 11.6. The smallest absolute Gasteiger partial charge is 0.254 e. The third kappa shape index (κ3) is 3.71. The van der Waals surface area contributed by atoms with E-state index < -0.39 is 5.91 Å². The molecule has 0 saturated carbocycles. The molecule has 0 fully saturated rings. The highest BCUT2D eigenvalue weighted by atomic mass is 16.5. The maximum absolute atomic E-state index is 11.3. The average molecular weight is 271 g/mol. The fourth-order valence-corrected chi connectivity index (χ4v) is 1.85. The van der Waals surface area contributed by atoms with Crippen LogP contribution in [0.4, 0.5) is 5.69 Å². The molecule has 5 heteroatoms. The Morgan fingerprint density at radius 1 is 1.25 bits per heavy atom. The van der Waals surface area contributed by atoms with E-state index in [0.717, 1.165) is 12.8 Å². The average Bonchev–Trinajstić information content (AvgIpc) is 2.45. The van der Waals surface area contributed by atoms with Gasteiger partial charge in [-0.3, -0.25) is 4.79 Å². The van der Waals surface area contributed by atoms with Gasteiger partial charge >= 0.3 is 0 Å². The zero-order valence-electron chi connectivity index (χ0n) is 11.1. The number of ether oxygens (including phenoxy) is 1. The number of primary amides is 1. The van der Waals surface area contributed by atoms with Crippen LogP contribution in [-0.2, 0) is 6.42 Å². The molecule has 5 nitrogen and oxygen atoms in total. The van der Waals surface area contributed by atoms with Crippen LogP contribution in [0.25, 0.3) is 0 Å². The number of nitrogens with zero attached hydrogens (tertiary/aromatic N) is 1. The molecule has 0 saturated heterocycles. The Labute approximate surface area is 117 Å². The molecule has 0 atom stereocenters. The number of nitrogen functional groups attached to an aromatic ring is 1. The summed E-state index contributed by atoms with van der Waals surface area (Å²) in [7, 11) is 0. The molecule has 0 aliphatic rings. The van der Waals surface area contributed by atoms with Crippen LogP contribution in [0.2, 0.25) is 0 Å². The second-order valence-corrected chi connectivity index (χ2v) is 4.42. The monoisotopic (exact) mass is 271 g/mol. The molecule has 0 radical (unpaired) electrons. The maximum atomic E-state index is 11.3. The second kappa shape index (κ2) is 6.56. The maximum Gasteiger partial charge on any atom is 0.254 e. The fraction of sp³-hybridized carbons (Fsp3) is 0.200. The molecule has 2 rings (SSSR count). The van der Waals surface area contributed by atoms with Crippen LogP contribution in [0.5, 0.6) is 5.88 Å². The standard InChI is InChI=1S/C15H17N3O2/c16-12-9-13(14(17)19)15(18-10-12)20-8-4-7-11-5-2-1-3-6-11/h1-3,5-6,9-10H,4,7-8,16H2,(H2,17,19). The number of anilines is 1. The van der Waals surface area contributed by atoms with Crippen LogP contribution in [0.3, 0.4) is 0 Å². The Morgan fingerprint density at radius 2 is 2.00 bits per heavy atom. The van der Waals surface area contributed by atoms with Gasteiger partial charge in [0, 0.05) is 0 Å². The topological polar surface area (TPSA) is 91.2 Å². The van der Waals surface area contributed by atoms with Crippen molar-refractivity contribution < 1.29 is 9.53 Å². The largest absolute Gasteiger partial charge is 0.477 e. The fourth-order valence-electron chi connectivity index (χ4n) is 1.85. The van der Waals surface area contributed by atoms with Crippen LogP contribution in [0, 0.1) is 0 Å². The number of hydrogen-bond donors (Lipinski definition) is 2. The number of benzene rings is 1. The first-order valence-electron chi connectivity index (χ1n) is 6.39. The summed E-state index contributed by atoms with van der Waals surface area (Å²) in [6.45, 7) is 0.464. The van der Waals surface area contributed by atoms with E-state index in [9.17, 15) is 4.79 Å². The SMILES string of the molecule is NC(=O)c1cc(N)cnc1OCCCc1ccccc1. The number of aryl methyl sites for hydroxylation is 1. The van der Waals surface area contributed by atoms with Gasteiger partial charge in [0.1, 0.15) is 5.56 Å². The summed E-state index contributed by atoms with van der Waals surface area (Å²) in [6.07, 6.45) is 3.18. The number of aromatic nitrogens is 1. The summed E-state index contributed by atoms with van der Waals surface area (Å²) in [4.78, 5) is 15.3. The van der Waals surface area contributed by atoms with E-state index in [1.54, 1.807) is 0 Å². The van der Waals surface area contributed by atoms with Crippen molar-refractivity contribution in [3.8, 4) is 5.88 Å². The number of nitrogens with two attached hydrogens (primary N) is 2. The molecule has 104 valence electrons. The van der Waals surface area contributed by atoms with Gasteiger partial charge in [-0.25, -0.2) is 4.98 Å². The summed E-state index contributed by atoms with van der Waals surface area (Å²) in [5, 5.41) is 0. The minimum Gasteiger partial charge on any atom is -0.477 e. The Bertz CT molecular complexity index is 585. The second-order valence-electron chi connectivity index (χ2n) is 4.42. The van der Waals surface area contributed by atoms with Gasteiger partial charge in [0.25, 0.3) is 5.91 Å². The molecule has 0 bridgehead atoms. The number of carbonyl (C=O) groups excluding carboxylic acids is 1. The third-order valence-electron chi connectivity index (χ3n) is 2.83. The minimum absolute atomic E-state index is 0.213. The quantitative estimate of drug-likeness (QED) is 0.783. The molecule has 0 spiro atoms. The van der Waals surface area contributed by atoms with Gasteiger partial charge in [-0.1, -0.05) is 30.3 Å². The van der Waals surface area contributed by atoms with E-state index in [4.69, 9.17) is 16.2 Å². The number of hydrogen-bond acceptors (Lipinski definition) is 4. The summed E-state index contributed by atoms with van der Waals surface area (Å²) < 4.78 is 5.51. The van der Waals surface area contributed by atoms with Crippen molar-refractivity contribution in [2.24, 2.45) is 5.73 Å². The number of amides is 1. The Morgan fingerprint density at radius 3 is 2.70 bits per heavy atom. The Kier molecular flexibility index (Phi) is 4.55. The van der Waals surface area contributed by atoms with Crippen LogP contribution < -0.4 is 16.2 Å². The van der Waals surface area contributed by atoms with Gasteiger partial charge in [0.05, 0.1) is 18.5 Å². The highest BCUT2D eigenvalue weighted by Gasteiger charge is 2.11. The predicted molar refractivity (Wildman–Crippen MR) is 77.4 cm³/mol. The van der Waals surface area contributed by atoms with E-state index in [1.165, 1.54) is 17.8 Å². The first-order chi connectivity index (χ1) is 9.66. The summed E-state index contributed by atoms with van der Waals surface area (Å²) >= 11 is 0. The lowest BCUT2D eigenvalue weighted by molar-refractivity contribution is 0.0995.